The van der Waals surface area contributed by atoms with Gasteiger partial charge in [0.15, 0.2) is 5.82 Å². The van der Waals surface area contributed by atoms with E-state index in [2.05, 4.69) is 15.5 Å². The standard InChI is InChI=1S/C16H15ClFN5O/c1-11-6-19-22(7-11)10-15(24)20-16-14(17)9-23(21-16)8-12-3-2-4-13(18)5-12/h2-7,9H,8,10H2,1H3,(H,20,21,24). The van der Waals surface area contributed by atoms with Gasteiger partial charge in [-0.15, -0.1) is 0 Å². The molecule has 0 aliphatic rings. The van der Waals surface area contributed by atoms with Crippen LogP contribution in [0.1, 0.15) is 11.1 Å². The molecule has 24 heavy (non-hydrogen) atoms. The topological polar surface area (TPSA) is 64.7 Å². The van der Waals surface area contributed by atoms with Crippen molar-refractivity contribution >= 4 is 23.3 Å². The molecule has 0 spiro atoms. The summed E-state index contributed by atoms with van der Waals surface area (Å²) in [4.78, 5) is 12.0. The molecule has 0 fully saturated rings. The van der Waals surface area contributed by atoms with Crippen molar-refractivity contribution in [2.24, 2.45) is 0 Å². The quantitative estimate of drug-likeness (QED) is 0.771. The number of aromatic nitrogens is 4. The van der Waals surface area contributed by atoms with Crippen molar-refractivity contribution in [1.82, 2.24) is 19.6 Å². The van der Waals surface area contributed by atoms with Crippen LogP contribution in [0.5, 0.6) is 0 Å². The molecule has 1 N–H and O–H groups in total. The second-order valence-electron chi connectivity index (χ2n) is 5.42. The Labute approximate surface area is 142 Å². The van der Waals surface area contributed by atoms with E-state index < -0.39 is 0 Å². The molecule has 6 nitrogen and oxygen atoms in total. The van der Waals surface area contributed by atoms with Gasteiger partial charge in [-0.1, -0.05) is 23.7 Å². The van der Waals surface area contributed by atoms with Gasteiger partial charge in [0.1, 0.15) is 17.4 Å². The maximum Gasteiger partial charge on any atom is 0.247 e. The van der Waals surface area contributed by atoms with E-state index in [-0.39, 0.29) is 24.1 Å². The van der Waals surface area contributed by atoms with Crippen LogP contribution in [0, 0.1) is 12.7 Å². The van der Waals surface area contributed by atoms with Crippen LogP contribution >= 0.6 is 11.6 Å². The van der Waals surface area contributed by atoms with Crippen LogP contribution < -0.4 is 5.32 Å². The minimum atomic E-state index is -0.311. The Morgan fingerprint density at radius 1 is 1.33 bits per heavy atom. The van der Waals surface area contributed by atoms with Crippen LogP contribution in [-0.4, -0.2) is 25.5 Å². The predicted molar refractivity (Wildman–Crippen MR) is 88.3 cm³/mol. The van der Waals surface area contributed by atoms with E-state index in [0.717, 1.165) is 11.1 Å². The number of amides is 1. The fourth-order valence-corrected chi connectivity index (χ4v) is 2.45. The third-order valence-corrected chi connectivity index (χ3v) is 3.55. The minimum absolute atomic E-state index is 0.0704. The van der Waals surface area contributed by atoms with Crippen molar-refractivity contribution < 1.29 is 9.18 Å². The number of aryl methyl sites for hydroxylation is 1. The van der Waals surface area contributed by atoms with Gasteiger partial charge in [0.05, 0.1) is 12.7 Å². The molecular formula is C16H15ClFN5O. The maximum atomic E-state index is 13.2. The summed E-state index contributed by atoms with van der Waals surface area (Å²) < 4.78 is 16.3. The number of hydrogen-bond donors (Lipinski definition) is 1. The van der Waals surface area contributed by atoms with Gasteiger partial charge in [-0.05, 0) is 30.2 Å². The van der Waals surface area contributed by atoms with Crippen molar-refractivity contribution in [3.63, 3.8) is 0 Å². The molecule has 1 amide bonds. The number of rotatable bonds is 5. The predicted octanol–water partition coefficient (Wildman–Crippen LogP) is 2.87. The zero-order chi connectivity index (χ0) is 17.1. The van der Waals surface area contributed by atoms with Gasteiger partial charge >= 0.3 is 0 Å². The average Bonchev–Trinajstić information content (AvgIpc) is 3.05. The third-order valence-electron chi connectivity index (χ3n) is 3.28. The summed E-state index contributed by atoms with van der Waals surface area (Å²) >= 11 is 6.10. The van der Waals surface area contributed by atoms with Crippen LogP contribution in [0.3, 0.4) is 0 Å². The summed E-state index contributed by atoms with van der Waals surface area (Å²) in [7, 11) is 0. The van der Waals surface area contributed by atoms with E-state index in [0.29, 0.717) is 11.6 Å². The highest BCUT2D eigenvalue weighted by Gasteiger charge is 2.12. The maximum absolute atomic E-state index is 13.2. The second-order valence-corrected chi connectivity index (χ2v) is 5.82. The Hall–Kier alpha value is -2.67. The molecular weight excluding hydrogens is 333 g/mol. The molecule has 124 valence electrons. The van der Waals surface area contributed by atoms with E-state index in [1.165, 1.54) is 16.8 Å². The highest BCUT2D eigenvalue weighted by Crippen LogP contribution is 2.20. The van der Waals surface area contributed by atoms with Crippen LogP contribution in [0.4, 0.5) is 10.2 Å². The van der Waals surface area contributed by atoms with Crippen LogP contribution in [-0.2, 0) is 17.9 Å². The van der Waals surface area contributed by atoms with Crippen molar-refractivity contribution in [1.29, 1.82) is 0 Å². The molecule has 0 saturated heterocycles. The Balaban J connectivity index is 1.66. The Kier molecular flexibility index (Phi) is 4.61. The van der Waals surface area contributed by atoms with E-state index in [9.17, 15) is 9.18 Å². The highest BCUT2D eigenvalue weighted by molar-refractivity contribution is 6.33. The lowest BCUT2D eigenvalue weighted by Gasteiger charge is -2.03. The first-order chi connectivity index (χ1) is 11.5. The molecule has 0 atom stereocenters. The number of hydrogen-bond acceptors (Lipinski definition) is 3. The number of nitrogens with one attached hydrogen (secondary N) is 1. The Bertz CT molecular complexity index is 873. The lowest BCUT2D eigenvalue weighted by molar-refractivity contribution is -0.116. The molecule has 0 aliphatic heterocycles. The molecule has 1 aromatic carbocycles. The molecule has 0 bridgehead atoms. The first-order valence-electron chi connectivity index (χ1n) is 7.26. The Morgan fingerprint density at radius 2 is 2.17 bits per heavy atom. The SMILES string of the molecule is Cc1cnn(CC(=O)Nc2nn(Cc3cccc(F)c3)cc2Cl)c1. The largest absolute Gasteiger partial charge is 0.306 e. The number of halogens is 2. The van der Waals surface area contributed by atoms with Gasteiger partial charge in [-0.25, -0.2) is 4.39 Å². The number of benzene rings is 1. The van der Waals surface area contributed by atoms with E-state index in [4.69, 9.17) is 11.6 Å². The molecule has 8 heteroatoms. The molecule has 0 saturated carbocycles. The van der Waals surface area contributed by atoms with Gasteiger partial charge in [-0.2, -0.15) is 10.2 Å². The minimum Gasteiger partial charge on any atom is -0.306 e. The zero-order valence-electron chi connectivity index (χ0n) is 12.9. The van der Waals surface area contributed by atoms with Gasteiger partial charge < -0.3 is 5.32 Å². The van der Waals surface area contributed by atoms with Crippen LogP contribution in [0.2, 0.25) is 5.02 Å². The summed E-state index contributed by atoms with van der Waals surface area (Å²) in [6, 6.07) is 6.22. The van der Waals surface area contributed by atoms with E-state index in [1.807, 2.05) is 6.92 Å². The van der Waals surface area contributed by atoms with Gasteiger partial charge in [0.2, 0.25) is 5.91 Å². The third kappa shape index (κ3) is 3.99. The number of carbonyl (C=O) groups is 1. The molecule has 2 aromatic heterocycles. The lowest BCUT2D eigenvalue weighted by Crippen LogP contribution is -2.19. The Morgan fingerprint density at radius 3 is 2.88 bits per heavy atom. The number of carbonyl (C=O) groups excluding carboxylic acids is 1. The fraction of sp³-hybridized carbons (Fsp3) is 0.188. The monoisotopic (exact) mass is 347 g/mol. The molecule has 3 aromatic rings. The van der Waals surface area contributed by atoms with E-state index in [1.54, 1.807) is 35.4 Å². The van der Waals surface area contributed by atoms with Crippen molar-refractivity contribution in [2.45, 2.75) is 20.0 Å². The average molecular weight is 348 g/mol. The molecule has 3 rings (SSSR count). The smallest absolute Gasteiger partial charge is 0.247 e. The van der Waals surface area contributed by atoms with Crippen LogP contribution in [0.15, 0.2) is 42.9 Å². The molecule has 0 unspecified atom stereocenters. The number of anilines is 1. The number of nitrogens with zero attached hydrogens (tertiary/aromatic N) is 4. The first-order valence-corrected chi connectivity index (χ1v) is 7.64. The summed E-state index contributed by atoms with van der Waals surface area (Å²) in [6.07, 6.45) is 5.03. The first kappa shape index (κ1) is 16.2. The fourth-order valence-electron chi connectivity index (χ4n) is 2.26. The lowest BCUT2D eigenvalue weighted by atomic mass is 10.2. The highest BCUT2D eigenvalue weighted by atomic mass is 35.5. The second kappa shape index (κ2) is 6.84. The summed E-state index contributed by atoms with van der Waals surface area (Å²) in [5, 5.41) is 11.2. The van der Waals surface area contributed by atoms with Crippen LogP contribution in [0.25, 0.3) is 0 Å². The van der Waals surface area contributed by atoms with Gasteiger partial charge in [0.25, 0.3) is 0 Å². The van der Waals surface area contributed by atoms with Crippen molar-refractivity contribution in [3.05, 3.63) is 64.8 Å². The van der Waals surface area contributed by atoms with Crippen molar-refractivity contribution in [2.75, 3.05) is 5.32 Å². The van der Waals surface area contributed by atoms with Gasteiger partial charge in [0, 0.05) is 12.4 Å². The zero-order valence-corrected chi connectivity index (χ0v) is 13.7. The summed E-state index contributed by atoms with van der Waals surface area (Å²) in [6.45, 7) is 2.32. The normalized spacial score (nSPS) is 10.8. The summed E-state index contributed by atoms with van der Waals surface area (Å²) in [5.41, 5.74) is 1.72. The molecule has 0 radical (unpaired) electrons. The van der Waals surface area contributed by atoms with E-state index >= 15 is 0 Å². The summed E-state index contributed by atoms with van der Waals surface area (Å²) in [5.74, 6) is -0.327. The van der Waals surface area contributed by atoms with Crippen molar-refractivity contribution in [3.8, 4) is 0 Å². The molecule has 2 heterocycles. The molecule has 0 aliphatic carbocycles. The van der Waals surface area contributed by atoms with Gasteiger partial charge in [-0.3, -0.25) is 14.2 Å².